The van der Waals surface area contributed by atoms with E-state index in [-0.39, 0.29) is 17.6 Å². The fraction of sp³-hybridized carbons (Fsp3) is 0.261. The Bertz CT molecular complexity index is 933. The average molecular weight is 362 g/mol. The van der Waals surface area contributed by atoms with E-state index in [0.29, 0.717) is 5.69 Å². The zero-order valence-electron chi connectivity index (χ0n) is 15.2. The van der Waals surface area contributed by atoms with Crippen LogP contribution in [0.5, 0.6) is 0 Å². The molecule has 138 valence electrons. The van der Waals surface area contributed by atoms with Crippen LogP contribution < -0.4 is 5.32 Å². The van der Waals surface area contributed by atoms with Gasteiger partial charge >= 0.3 is 0 Å². The van der Waals surface area contributed by atoms with Gasteiger partial charge in [0.1, 0.15) is 5.82 Å². The minimum absolute atomic E-state index is 0.0178. The molecule has 3 nitrogen and oxygen atoms in total. The van der Waals surface area contributed by atoms with Crippen LogP contribution in [0.15, 0.2) is 66.7 Å². The Morgan fingerprint density at radius 1 is 1.04 bits per heavy atom. The van der Waals surface area contributed by atoms with Gasteiger partial charge in [0.15, 0.2) is 0 Å². The Balaban J connectivity index is 1.43. The van der Waals surface area contributed by atoms with Gasteiger partial charge in [0.2, 0.25) is 5.91 Å². The van der Waals surface area contributed by atoms with E-state index in [2.05, 4.69) is 52.7 Å². The molecular weight excluding hydrogens is 339 g/mol. The van der Waals surface area contributed by atoms with Gasteiger partial charge in [0, 0.05) is 18.8 Å². The molecule has 4 heteroatoms. The van der Waals surface area contributed by atoms with Crippen LogP contribution in [0.1, 0.15) is 18.4 Å². The lowest BCUT2D eigenvalue weighted by atomic mass is 9.96. The van der Waals surface area contributed by atoms with E-state index in [4.69, 9.17) is 0 Å². The lowest BCUT2D eigenvalue weighted by Crippen LogP contribution is -2.40. The zero-order chi connectivity index (χ0) is 18.6. The summed E-state index contributed by atoms with van der Waals surface area (Å²) in [4.78, 5) is 15.0. The van der Waals surface area contributed by atoms with Gasteiger partial charge in [-0.2, -0.15) is 0 Å². The standard InChI is InChI=1S/C23H23FN2O/c24-20-10-12-21(13-11-20)25-23(27)19-8-4-14-26(16-19)15-18-7-3-6-17-5-1-2-9-22(17)18/h1-3,5-7,9-13,19H,4,8,14-16H2,(H,25,27). The fourth-order valence-electron chi connectivity index (χ4n) is 3.86. The van der Waals surface area contributed by atoms with Crippen molar-refractivity contribution in [3.8, 4) is 0 Å². The van der Waals surface area contributed by atoms with Crippen LogP contribution in [0.3, 0.4) is 0 Å². The monoisotopic (exact) mass is 362 g/mol. The highest BCUT2D eigenvalue weighted by Gasteiger charge is 2.26. The Morgan fingerprint density at radius 3 is 2.67 bits per heavy atom. The Kier molecular flexibility index (Phi) is 5.16. The normalized spacial score (nSPS) is 17.7. The number of halogens is 1. The van der Waals surface area contributed by atoms with Crippen molar-refractivity contribution in [2.45, 2.75) is 19.4 Å². The summed E-state index contributed by atoms with van der Waals surface area (Å²) in [6.45, 7) is 2.60. The van der Waals surface area contributed by atoms with Crippen LogP contribution in [-0.4, -0.2) is 23.9 Å². The average Bonchev–Trinajstić information content (AvgIpc) is 2.70. The third-order valence-electron chi connectivity index (χ3n) is 5.26. The van der Waals surface area contributed by atoms with E-state index >= 15 is 0 Å². The smallest absolute Gasteiger partial charge is 0.228 e. The van der Waals surface area contributed by atoms with Gasteiger partial charge in [-0.25, -0.2) is 4.39 Å². The number of anilines is 1. The number of likely N-dealkylation sites (tertiary alicyclic amines) is 1. The predicted octanol–water partition coefficient (Wildman–Crippen LogP) is 4.83. The fourth-order valence-corrected chi connectivity index (χ4v) is 3.86. The van der Waals surface area contributed by atoms with Crippen molar-refractivity contribution in [3.05, 3.63) is 78.1 Å². The number of piperidine rings is 1. The van der Waals surface area contributed by atoms with Gasteiger partial charge in [0.05, 0.1) is 5.92 Å². The highest BCUT2D eigenvalue weighted by Crippen LogP contribution is 2.24. The summed E-state index contributed by atoms with van der Waals surface area (Å²) >= 11 is 0. The summed E-state index contributed by atoms with van der Waals surface area (Å²) in [6.07, 6.45) is 1.89. The number of nitrogens with zero attached hydrogens (tertiary/aromatic N) is 1. The number of hydrogen-bond donors (Lipinski definition) is 1. The molecule has 1 fully saturated rings. The van der Waals surface area contributed by atoms with Crippen LogP contribution in [0.25, 0.3) is 10.8 Å². The molecule has 1 N–H and O–H groups in total. The van der Waals surface area contributed by atoms with Crippen LogP contribution >= 0.6 is 0 Å². The third kappa shape index (κ3) is 4.17. The number of carbonyl (C=O) groups is 1. The molecule has 0 aromatic heterocycles. The lowest BCUT2D eigenvalue weighted by Gasteiger charge is -2.32. The van der Waals surface area contributed by atoms with Gasteiger partial charge in [-0.3, -0.25) is 9.69 Å². The molecule has 3 aromatic carbocycles. The molecule has 27 heavy (non-hydrogen) atoms. The Hall–Kier alpha value is -2.72. The van der Waals surface area contributed by atoms with E-state index in [0.717, 1.165) is 32.5 Å². The maximum atomic E-state index is 13.0. The Labute approximate surface area is 158 Å². The second-order valence-corrected chi connectivity index (χ2v) is 7.21. The molecule has 3 aromatic rings. The van der Waals surface area contributed by atoms with E-state index in [1.807, 2.05) is 0 Å². The molecule has 0 aliphatic carbocycles. The number of carbonyl (C=O) groups excluding carboxylic acids is 1. The minimum atomic E-state index is -0.299. The van der Waals surface area contributed by atoms with Crippen molar-refractivity contribution in [1.29, 1.82) is 0 Å². The number of hydrogen-bond acceptors (Lipinski definition) is 2. The van der Waals surface area contributed by atoms with Gasteiger partial charge in [-0.15, -0.1) is 0 Å². The summed E-state index contributed by atoms with van der Waals surface area (Å²) in [5, 5.41) is 5.44. The second kappa shape index (κ2) is 7.89. The van der Waals surface area contributed by atoms with Crippen molar-refractivity contribution in [2.24, 2.45) is 5.92 Å². The summed E-state index contributed by atoms with van der Waals surface area (Å²) < 4.78 is 13.0. The number of fused-ring (bicyclic) bond motifs is 1. The van der Waals surface area contributed by atoms with E-state index in [9.17, 15) is 9.18 Å². The summed E-state index contributed by atoms with van der Waals surface area (Å²) in [6, 6.07) is 20.8. The molecule has 4 rings (SSSR count). The first-order chi connectivity index (χ1) is 13.2. The Morgan fingerprint density at radius 2 is 1.81 bits per heavy atom. The molecular formula is C23H23FN2O. The molecule has 1 unspecified atom stereocenters. The largest absolute Gasteiger partial charge is 0.326 e. The summed E-state index contributed by atoms with van der Waals surface area (Å²) in [5.41, 5.74) is 1.94. The number of rotatable bonds is 4. The third-order valence-corrected chi connectivity index (χ3v) is 5.26. The molecule has 0 radical (unpaired) electrons. The zero-order valence-corrected chi connectivity index (χ0v) is 15.2. The molecule has 1 aliphatic heterocycles. The van der Waals surface area contributed by atoms with Gasteiger partial charge < -0.3 is 5.32 Å². The van der Waals surface area contributed by atoms with Crippen molar-refractivity contribution >= 4 is 22.4 Å². The highest BCUT2D eigenvalue weighted by molar-refractivity contribution is 5.92. The van der Waals surface area contributed by atoms with Crippen molar-refractivity contribution < 1.29 is 9.18 Å². The minimum Gasteiger partial charge on any atom is -0.326 e. The van der Waals surface area contributed by atoms with Crippen molar-refractivity contribution in [1.82, 2.24) is 4.90 Å². The molecule has 0 bridgehead atoms. The van der Waals surface area contributed by atoms with E-state index in [1.165, 1.54) is 28.5 Å². The molecule has 1 heterocycles. The van der Waals surface area contributed by atoms with Gasteiger partial charge in [0.25, 0.3) is 0 Å². The number of benzene rings is 3. The highest BCUT2D eigenvalue weighted by atomic mass is 19.1. The summed E-state index contributed by atoms with van der Waals surface area (Å²) in [7, 11) is 0. The number of amides is 1. The van der Waals surface area contributed by atoms with Crippen molar-refractivity contribution in [2.75, 3.05) is 18.4 Å². The second-order valence-electron chi connectivity index (χ2n) is 7.21. The van der Waals surface area contributed by atoms with Gasteiger partial charge in [-0.05, 0) is 60.0 Å². The van der Waals surface area contributed by atoms with Crippen LogP contribution in [0, 0.1) is 11.7 Å². The first kappa shape index (κ1) is 17.7. The molecule has 0 spiro atoms. The van der Waals surface area contributed by atoms with E-state index < -0.39 is 0 Å². The molecule has 1 amide bonds. The van der Waals surface area contributed by atoms with Crippen molar-refractivity contribution in [3.63, 3.8) is 0 Å². The SMILES string of the molecule is O=C(Nc1ccc(F)cc1)C1CCCN(Cc2cccc3ccccc23)C1. The predicted molar refractivity (Wildman–Crippen MR) is 107 cm³/mol. The maximum Gasteiger partial charge on any atom is 0.228 e. The van der Waals surface area contributed by atoms with Crippen LogP contribution in [0.2, 0.25) is 0 Å². The molecule has 1 aliphatic rings. The summed E-state index contributed by atoms with van der Waals surface area (Å²) in [5.74, 6) is -0.324. The first-order valence-electron chi connectivity index (χ1n) is 9.44. The molecule has 1 atom stereocenters. The topological polar surface area (TPSA) is 32.3 Å². The van der Waals surface area contributed by atoms with E-state index in [1.54, 1.807) is 12.1 Å². The lowest BCUT2D eigenvalue weighted by molar-refractivity contribution is -0.121. The molecule has 1 saturated heterocycles. The maximum absolute atomic E-state index is 13.0. The molecule has 0 saturated carbocycles. The van der Waals surface area contributed by atoms with Crippen LogP contribution in [0.4, 0.5) is 10.1 Å². The number of nitrogens with one attached hydrogen (secondary N) is 1. The van der Waals surface area contributed by atoms with Gasteiger partial charge in [-0.1, -0.05) is 42.5 Å². The first-order valence-corrected chi connectivity index (χ1v) is 9.44. The van der Waals surface area contributed by atoms with Crippen LogP contribution in [-0.2, 0) is 11.3 Å². The quantitative estimate of drug-likeness (QED) is 0.721.